The molecule has 0 radical (unpaired) electrons. The Hall–Kier alpha value is -2.62. The molecule has 152 valence electrons. The second-order valence-corrected chi connectivity index (χ2v) is 7.96. The molecule has 1 unspecified atom stereocenters. The first-order valence-electron chi connectivity index (χ1n) is 9.92. The van der Waals surface area contributed by atoms with Crippen LogP contribution in [0, 0.1) is 0 Å². The number of rotatable bonds is 3. The number of hydrogen-bond acceptors (Lipinski definition) is 7. The second-order valence-electron chi connectivity index (χ2n) is 7.96. The highest BCUT2D eigenvalue weighted by molar-refractivity contribution is 6.23. The Labute approximate surface area is 167 Å². The molecule has 4 amide bonds. The molecule has 0 bridgehead atoms. The summed E-state index contributed by atoms with van der Waals surface area (Å²) in [6, 6.07) is 4.98. The Morgan fingerprint density at radius 1 is 1.07 bits per heavy atom. The van der Waals surface area contributed by atoms with Gasteiger partial charge >= 0.3 is 0 Å². The zero-order chi connectivity index (χ0) is 20.1. The van der Waals surface area contributed by atoms with Gasteiger partial charge in [-0.05, 0) is 24.1 Å². The van der Waals surface area contributed by atoms with Crippen LogP contribution in [0.3, 0.4) is 0 Å². The number of ether oxygens (including phenoxy) is 1. The molecule has 1 aromatic carbocycles. The molecule has 9 heteroatoms. The molecule has 4 aliphatic heterocycles. The Morgan fingerprint density at radius 2 is 1.90 bits per heavy atom. The Bertz CT molecular complexity index is 916. The molecule has 4 aliphatic rings. The van der Waals surface area contributed by atoms with Gasteiger partial charge in [-0.3, -0.25) is 34.3 Å². The summed E-state index contributed by atoms with van der Waals surface area (Å²) >= 11 is 0. The Kier molecular flexibility index (Phi) is 4.45. The summed E-state index contributed by atoms with van der Waals surface area (Å²) in [6.07, 6.45) is 0.273. The summed E-state index contributed by atoms with van der Waals surface area (Å²) < 4.78 is 5.59. The van der Waals surface area contributed by atoms with Gasteiger partial charge in [-0.2, -0.15) is 0 Å². The number of carbonyl (C=O) groups is 4. The third-order valence-electron chi connectivity index (χ3n) is 6.21. The molecule has 4 heterocycles. The summed E-state index contributed by atoms with van der Waals surface area (Å²) in [5.41, 5.74) is 1.58. The van der Waals surface area contributed by atoms with Crippen molar-refractivity contribution in [3.8, 4) is 0 Å². The average Bonchev–Trinajstić information content (AvgIpc) is 3.27. The van der Waals surface area contributed by atoms with E-state index in [1.54, 1.807) is 12.1 Å². The molecule has 3 atom stereocenters. The van der Waals surface area contributed by atoms with E-state index in [0.29, 0.717) is 43.0 Å². The topological polar surface area (TPSA) is 108 Å². The van der Waals surface area contributed by atoms with Crippen molar-refractivity contribution in [1.29, 1.82) is 0 Å². The maximum atomic E-state index is 13.0. The number of imide groups is 2. The van der Waals surface area contributed by atoms with E-state index in [2.05, 4.69) is 15.5 Å². The van der Waals surface area contributed by atoms with Crippen LogP contribution in [-0.2, 0) is 20.9 Å². The monoisotopic (exact) mass is 398 g/mol. The van der Waals surface area contributed by atoms with Gasteiger partial charge in [0.25, 0.3) is 11.8 Å². The van der Waals surface area contributed by atoms with Crippen molar-refractivity contribution in [2.45, 2.75) is 37.5 Å². The highest BCUT2D eigenvalue weighted by Crippen LogP contribution is 2.29. The average molecular weight is 398 g/mol. The highest BCUT2D eigenvalue weighted by Gasteiger charge is 2.44. The number of piperazine rings is 1. The fraction of sp³-hybridized carbons (Fsp3) is 0.500. The number of piperidine rings is 1. The van der Waals surface area contributed by atoms with E-state index in [1.165, 1.54) is 0 Å². The predicted molar refractivity (Wildman–Crippen MR) is 99.9 cm³/mol. The van der Waals surface area contributed by atoms with Crippen molar-refractivity contribution in [2.75, 3.05) is 26.3 Å². The van der Waals surface area contributed by atoms with Crippen LogP contribution < -0.4 is 10.6 Å². The Morgan fingerprint density at radius 3 is 2.72 bits per heavy atom. The van der Waals surface area contributed by atoms with Gasteiger partial charge in [-0.25, -0.2) is 0 Å². The Balaban J connectivity index is 1.37. The van der Waals surface area contributed by atoms with E-state index in [1.807, 2.05) is 6.07 Å². The van der Waals surface area contributed by atoms with Gasteiger partial charge in [-0.1, -0.05) is 6.07 Å². The molecule has 29 heavy (non-hydrogen) atoms. The molecule has 0 spiro atoms. The zero-order valence-corrected chi connectivity index (χ0v) is 15.8. The zero-order valence-electron chi connectivity index (χ0n) is 15.8. The minimum absolute atomic E-state index is 0.114. The third-order valence-corrected chi connectivity index (χ3v) is 6.21. The quantitative estimate of drug-likeness (QED) is 0.646. The van der Waals surface area contributed by atoms with Crippen LogP contribution >= 0.6 is 0 Å². The first-order valence-corrected chi connectivity index (χ1v) is 9.92. The van der Waals surface area contributed by atoms with Crippen LogP contribution in [0.25, 0.3) is 0 Å². The predicted octanol–water partition coefficient (Wildman–Crippen LogP) is -0.740. The van der Waals surface area contributed by atoms with Crippen molar-refractivity contribution in [3.05, 3.63) is 34.9 Å². The molecule has 3 fully saturated rings. The van der Waals surface area contributed by atoms with Crippen LogP contribution in [0.1, 0.15) is 39.1 Å². The van der Waals surface area contributed by atoms with Crippen molar-refractivity contribution in [2.24, 2.45) is 0 Å². The van der Waals surface area contributed by atoms with Crippen molar-refractivity contribution in [1.82, 2.24) is 20.4 Å². The lowest BCUT2D eigenvalue weighted by molar-refractivity contribution is -0.136. The largest absolute Gasteiger partial charge is 0.378 e. The van der Waals surface area contributed by atoms with E-state index < -0.39 is 23.8 Å². The maximum Gasteiger partial charge on any atom is 0.262 e. The van der Waals surface area contributed by atoms with Gasteiger partial charge in [0.05, 0.1) is 30.4 Å². The minimum Gasteiger partial charge on any atom is -0.378 e. The standard InChI is InChI=1S/C20H22N4O5/c25-17-4-3-15(18(26)22-17)24-19(27)12-2-1-11(7-13(12)20(24)28)8-23-6-5-21-14-9-29-10-16(14)23/h1-2,7,14-16,21H,3-6,8-10H2,(H,22,25,26)/t14-,15?,16+/m0/s1. The SMILES string of the molecule is O=C1CCC(N2C(=O)c3ccc(CN4CCN[C@H]5COC[C@H]54)cc3C2=O)C(=O)N1. The maximum absolute atomic E-state index is 13.0. The fourth-order valence-corrected chi connectivity index (χ4v) is 4.70. The summed E-state index contributed by atoms with van der Waals surface area (Å²) in [5, 5.41) is 5.68. The first kappa shape index (κ1) is 18.4. The van der Waals surface area contributed by atoms with Crippen molar-refractivity contribution < 1.29 is 23.9 Å². The lowest BCUT2D eigenvalue weighted by Crippen LogP contribution is -2.56. The van der Waals surface area contributed by atoms with Gasteiger partial charge in [0, 0.05) is 32.1 Å². The van der Waals surface area contributed by atoms with E-state index in [4.69, 9.17) is 4.74 Å². The van der Waals surface area contributed by atoms with Crippen LogP contribution in [0.15, 0.2) is 18.2 Å². The fourth-order valence-electron chi connectivity index (χ4n) is 4.70. The van der Waals surface area contributed by atoms with E-state index >= 15 is 0 Å². The molecule has 1 aromatic rings. The first-order chi connectivity index (χ1) is 14.0. The number of fused-ring (bicyclic) bond motifs is 2. The molecule has 3 saturated heterocycles. The van der Waals surface area contributed by atoms with Gasteiger partial charge in [0.1, 0.15) is 6.04 Å². The van der Waals surface area contributed by atoms with Crippen molar-refractivity contribution in [3.63, 3.8) is 0 Å². The number of carbonyl (C=O) groups excluding carboxylic acids is 4. The molecule has 0 aromatic heterocycles. The molecular weight excluding hydrogens is 376 g/mol. The van der Waals surface area contributed by atoms with Crippen molar-refractivity contribution >= 4 is 23.6 Å². The van der Waals surface area contributed by atoms with E-state index in [-0.39, 0.29) is 18.7 Å². The molecule has 9 nitrogen and oxygen atoms in total. The molecule has 0 aliphatic carbocycles. The summed E-state index contributed by atoms with van der Waals surface area (Å²) in [7, 11) is 0. The van der Waals surface area contributed by atoms with Gasteiger partial charge in [-0.15, -0.1) is 0 Å². The number of amides is 4. The molecule has 2 N–H and O–H groups in total. The lowest BCUT2D eigenvalue weighted by atomic mass is 10.0. The van der Waals surface area contributed by atoms with Crippen LogP contribution in [0.5, 0.6) is 0 Å². The second kappa shape index (κ2) is 7.01. The normalized spacial score (nSPS) is 29.8. The summed E-state index contributed by atoms with van der Waals surface area (Å²) in [5.74, 6) is -1.92. The van der Waals surface area contributed by atoms with Crippen LogP contribution in [-0.4, -0.2) is 77.9 Å². The number of benzene rings is 1. The smallest absolute Gasteiger partial charge is 0.262 e. The number of nitrogens with zero attached hydrogens (tertiary/aromatic N) is 2. The summed E-state index contributed by atoms with van der Waals surface area (Å²) in [4.78, 5) is 52.6. The number of nitrogens with one attached hydrogen (secondary N) is 2. The lowest BCUT2D eigenvalue weighted by Gasteiger charge is -2.37. The summed E-state index contributed by atoms with van der Waals surface area (Å²) in [6.45, 7) is 3.83. The minimum atomic E-state index is -0.937. The molecular formula is C20H22N4O5. The van der Waals surface area contributed by atoms with Gasteiger partial charge in [0.2, 0.25) is 11.8 Å². The van der Waals surface area contributed by atoms with Crippen LogP contribution in [0.2, 0.25) is 0 Å². The number of hydrogen-bond donors (Lipinski definition) is 2. The highest BCUT2D eigenvalue weighted by atomic mass is 16.5. The van der Waals surface area contributed by atoms with E-state index in [9.17, 15) is 19.2 Å². The van der Waals surface area contributed by atoms with Gasteiger partial charge in [0.15, 0.2) is 0 Å². The third kappa shape index (κ3) is 3.06. The molecule has 5 rings (SSSR count). The van der Waals surface area contributed by atoms with E-state index in [0.717, 1.165) is 23.6 Å². The molecule has 0 saturated carbocycles. The van der Waals surface area contributed by atoms with Gasteiger partial charge < -0.3 is 10.1 Å². The van der Waals surface area contributed by atoms with Crippen LogP contribution in [0.4, 0.5) is 0 Å².